The Morgan fingerprint density at radius 1 is 0.595 bits per heavy atom. The van der Waals surface area contributed by atoms with Gasteiger partial charge in [-0.05, 0) is 36.0 Å². The molecule has 0 aliphatic heterocycles. The highest BCUT2D eigenvalue weighted by Gasteiger charge is 2.52. The molecule has 0 bridgehead atoms. The first kappa shape index (κ1) is 31.8. The van der Waals surface area contributed by atoms with Crippen molar-refractivity contribution < 1.29 is 34.0 Å². The highest BCUT2D eigenvalue weighted by atomic mass is 16.6. The summed E-state index contributed by atoms with van der Waals surface area (Å²) >= 11 is 0. The highest BCUT2D eigenvalue weighted by Crippen LogP contribution is 2.32. The Hall–Kier alpha value is -3.11. The molecule has 8 nitrogen and oxygen atoms in total. The zero-order valence-electron chi connectivity index (χ0n) is 24.2. The molecule has 0 aromatic heterocycles. The summed E-state index contributed by atoms with van der Waals surface area (Å²) in [5, 5.41) is 25.5. The van der Waals surface area contributed by atoms with Gasteiger partial charge in [-0.25, -0.2) is 0 Å². The molecule has 6 atom stereocenters. The third kappa shape index (κ3) is 9.73. The van der Waals surface area contributed by atoms with E-state index in [2.05, 4.69) is 5.32 Å². The molecule has 1 fully saturated rings. The van der Waals surface area contributed by atoms with Crippen LogP contribution in [0.25, 0.3) is 0 Å². The van der Waals surface area contributed by atoms with E-state index in [9.17, 15) is 15.0 Å². The second kappa shape index (κ2) is 17.1. The molecule has 1 saturated carbocycles. The minimum Gasteiger partial charge on any atom is -0.387 e. The van der Waals surface area contributed by atoms with Crippen LogP contribution in [0.4, 0.5) is 0 Å². The summed E-state index contributed by atoms with van der Waals surface area (Å²) in [6, 6.07) is 29.3. The number of amides is 1. The van der Waals surface area contributed by atoms with Crippen LogP contribution in [0.3, 0.4) is 0 Å². The monoisotopic (exact) mass is 577 g/mol. The van der Waals surface area contributed by atoms with Crippen molar-refractivity contribution in [1.82, 2.24) is 5.32 Å². The topological polar surface area (TPSA) is 106 Å². The largest absolute Gasteiger partial charge is 0.387 e. The van der Waals surface area contributed by atoms with Gasteiger partial charge in [0.1, 0.15) is 36.6 Å². The fourth-order valence-corrected chi connectivity index (χ4v) is 5.11. The molecule has 4 rings (SSSR count). The van der Waals surface area contributed by atoms with Gasteiger partial charge in [0.25, 0.3) is 0 Å². The molecule has 3 aromatic carbocycles. The Morgan fingerprint density at radius 2 is 1.00 bits per heavy atom. The van der Waals surface area contributed by atoms with E-state index in [1.807, 2.05) is 91.0 Å². The molecule has 0 spiro atoms. The maximum Gasteiger partial charge on any atom is 0.216 e. The van der Waals surface area contributed by atoms with Crippen LogP contribution in [-0.4, -0.2) is 65.9 Å². The maximum atomic E-state index is 11.4. The summed E-state index contributed by atoms with van der Waals surface area (Å²) in [5.74, 6) is -0.0467. The lowest BCUT2D eigenvalue weighted by Gasteiger charge is -2.47. The van der Waals surface area contributed by atoms with E-state index in [0.29, 0.717) is 13.2 Å². The number of carbonyl (C=O) groups excluding carboxylic acids is 1. The third-order valence-electron chi connectivity index (χ3n) is 7.36. The number of carbonyl (C=O) groups is 1. The fourth-order valence-electron chi connectivity index (χ4n) is 5.11. The predicted octanol–water partition coefficient (Wildman–Crippen LogP) is 4.17. The van der Waals surface area contributed by atoms with Crippen molar-refractivity contribution >= 4 is 5.91 Å². The van der Waals surface area contributed by atoms with Gasteiger partial charge < -0.3 is 34.5 Å². The molecular weight excluding hydrogens is 534 g/mol. The lowest BCUT2D eigenvalue weighted by Crippen LogP contribution is -2.66. The summed E-state index contributed by atoms with van der Waals surface area (Å²) in [7, 11) is 0. The van der Waals surface area contributed by atoms with Crippen LogP contribution in [-0.2, 0) is 43.6 Å². The molecule has 1 aliphatic rings. The summed E-state index contributed by atoms with van der Waals surface area (Å²) in [4.78, 5) is 11.1. The number of rotatable bonds is 16. The van der Waals surface area contributed by atoms with E-state index in [4.69, 9.17) is 18.9 Å². The zero-order chi connectivity index (χ0) is 29.6. The first-order valence-corrected chi connectivity index (χ1v) is 14.7. The van der Waals surface area contributed by atoms with E-state index in [0.717, 1.165) is 36.0 Å². The standard InChI is InChI=1S/C34H43NO7/c1-25(36)35-20-12-5-13-21-39-31-29(37)30(38)32(40-22-26-14-6-2-7-15-26)34(42-24-28-18-10-4-11-19-28)33(31)41-23-27-16-8-3-9-17-27/h2-4,6-11,14-19,29-34,37-38H,5,12-13,20-24H2,1H3,(H,35,36). The highest BCUT2D eigenvalue weighted by molar-refractivity contribution is 5.72. The van der Waals surface area contributed by atoms with Crippen LogP contribution >= 0.6 is 0 Å². The van der Waals surface area contributed by atoms with Crippen LogP contribution in [0.2, 0.25) is 0 Å². The van der Waals surface area contributed by atoms with Crippen molar-refractivity contribution in [1.29, 1.82) is 0 Å². The van der Waals surface area contributed by atoms with Gasteiger partial charge in [-0.1, -0.05) is 91.0 Å². The van der Waals surface area contributed by atoms with Gasteiger partial charge in [0.2, 0.25) is 5.91 Å². The normalized spacial score (nSPS) is 23.9. The third-order valence-corrected chi connectivity index (χ3v) is 7.36. The minimum atomic E-state index is -1.25. The Balaban J connectivity index is 1.52. The lowest BCUT2D eigenvalue weighted by molar-refractivity contribution is -0.272. The van der Waals surface area contributed by atoms with E-state index in [1.54, 1.807) is 0 Å². The van der Waals surface area contributed by atoms with Gasteiger partial charge in [-0.3, -0.25) is 4.79 Å². The molecule has 6 unspecified atom stereocenters. The summed E-state index contributed by atoms with van der Waals surface area (Å²) < 4.78 is 25.4. The van der Waals surface area contributed by atoms with Gasteiger partial charge in [-0.15, -0.1) is 0 Å². The van der Waals surface area contributed by atoms with E-state index < -0.39 is 36.6 Å². The Kier molecular flexibility index (Phi) is 13.0. The molecule has 3 N–H and O–H groups in total. The van der Waals surface area contributed by atoms with Crippen LogP contribution in [0.5, 0.6) is 0 Å². The van der Waals surface area contributed by atoms with Crippen molar-refractivity contribution in [2.24, 2.45) is 0 Å². The molecule has 42 heavy (non-hydrogen) atoms. The number of benzene rings is 3. The van der Waals surface area contributed by atoms with Crippen molar-refractivity contribution in [3.8, 4) is 0 Å². The number of unbranched alkanes of at least 4 members (excludes halogenated alkanes) is 2. The quantitative estimate of drug-likeness (QED) is 0.220. The molecule has 0 radical (unpaired) electrons. The van der Waals surface area contributed by atoms with Gasteiger partial charge >= 0.3 is 0 Å². The Morgan fingerprint density at radius 3 is 1.43 bits per heavy atom. The van der Waals surface area contributed by atoms with Crippen LogP contribution in [0.1, 0.15) is 42.9 Å². The molecule has 1 amide bonds. The minimum absolute atomic E-state index is 0.0467. The smallest absolute Gasteiger partial charge is 0.216 e. The average molecular weight is 578 g/mol. The predicted molar refractivity (Wildman–Crippen MR) is 159 cm³/mol. The zero-order valence-corrected chi connectivity index (χ0v) is 24.2. The van der Waals surface area contributed by atoms with Gasteiger partial charge in [0, 0.05) is 20.1 Å². The molecule has 3 aromatic rings. The number of ether oxygens (including phenoxy) is 4. The first-order chi connectivity index (χ1) is 20.5. The lowest BCUT2D eigenvalue weighted by atomic mass is 9.84. The van der Waals surface area contributed by atoms with Crippen molar-refractivity contribution in [2.45, 2.75) is 82.6 Å². The molecular formula is C34H43NO7. The van der Waals surface area contributed by atoms with E-state index >= 15 is 0 Å². The second-order valence-electron chi connectivity index (χ2n) is 10.6. The summed E-state index contributed by atoms with van der Waals surface area (Å²) in [5.41, 5.74) is 2.89. The molecule has 1 aliphatic carbocycles. The number of hydrogen-bond donors (Lipinski definition) is 3. The molecule has 0 saturated heterocycles. The summed E-state index contributed by atoms with van der Waals surface area (Å²) in [6.45, 7) is 3.27. The van der Waals surface area contributed by atoms with Gasteiger partial charge in [0.05, 0.1) is 19.8 Å². The van der Waals surface area contributed by atoms with Crippen LogP contribution < -0.4 is 5.32 Å². The van der Waals surface area contributed by atoms with Crippen LogP contribution in [0, 0.1) is 0 Å². The molecule has 226 valence electrons. The van der Waals surface area contributed by atoms with Gasteiger partial charge in [-0.2, -0.15) is 0 Å². The van der Waals surface area contributed by atoms with Gasteiger partial charge in [0.15, 0.2) is 0 Å². The number of nitrogens with one attached hydrogen (secondary N) is 1. The first-order valence-electron chi connectivity index (χ1n) is 14.7. The van der Waals surface area contributed by atoms with Crippen molar-refractivity contribution in [2.75, 3.05) is 13.2 Å². The van der Waals surface area contributed by atoms with E-state index in [-0.39, 0.29) is 25.7 Å². The number of hydrogen-bond acceptors (Lipinski definition) is 7. The average Bonchev–Trinajstić information content (AvgIpc) is 3.02. The Bertz CT molecular complexity index is 1160. The molecule has 8 heteroatoms. The molecule has 0 heterocycles. The van der Waals surface area contributed by atoms with Crippen molar-refractivity contribution in [3.63, 3.8) is 0 Å². The number of aliphatic hydroxyl groups excluding tert-OH is 2. The maximum absolute atomic E-state index is 11.4. The number of aliphatic hydroxyl groups is 2. The van der Waals surface area contributed by atoms with E-state index in [1.165, 1.54) is 6.92 Å². The fraction of sp³-hybridized carbons (Fsp3) is 0.441. The summed E-state index contributed by atoms with van der Waals surface area (Å²) in [6.07, 6.45) is -3.23. The van der Waals surface area contributed by atoms with Crippen molar-refractivity contribution in [3.05, 3.63) is 108 Å². The van der Waals surface area contributed by atoms with Crippen LogP contribution in [0.15, 0.2) is 91.0 Å². The Labute approximate surface area is 248 Å². The SMILES string of the molecule is CC(=O)NCCCCCOC1C(O)C(O)C(OCc2ccccc2)C(OCc2ccccc2)C1OCc1ccccc1. The second-order valence-corrected chi connectivity index (χ2v) is 10.6.